The molecular weight excluding hydrogens is 369 g/mol. The van der Waals surface area contributed by atoms with Gasteiger partial charge in [-0.15, -0.1) is 0 Å². The van der Waals surface area contributed by atoms with Gasteiger partial charge in [-0.25, -0.2) is 0 Å². The Kier molecular flexibility index (Phi) is 7.07. The van der Waals surface area contributed by atoms with Gasteiger partial charge in [-0.3, -0.25) is 0 Å². The lowest BCUT2D eigenvalue weighted by molar-refractivity contribution is 0.279. The number of hydrogen-bond acceptors (Lipinski definition) is 3. The van der Waals surface area contributed by atoms with Crippen molar-refractivity contribution >= 4 is 23.2 Å². The van der Waals surface area contributed by atoms with Crippen molar-refractivity contribution in [2.45, 2.75) is 51.3 Å². The smallest absolute Gasteiger partial charge is 0.166 e. The highest BCUT2D eigenvalue weighted by molar-refractivity contribution is 6.35. The third-order valence-electron chi connectivity index (χ3n) is 4.89. The number of rotatable bonds is 7. The van der Waals surface area contributed by atoms with Gasteiger partial charge < -0.3 is 14.8 Å². The Hall–Kier alpha value is -1.42. The number of halogens is 2. The van der Waals surface area contributed by atoms with Crippen molar-refractivity contribution in [2.24, 2.45) is 0 Å². The van der Waals surface area contributed by atoms with Crippen LogP contribution in [0.5, 0.6) is 11.5 Å². The predicted molar refractivity (Wildman–Crippen MR) is 108 cm³/mol. The molecule has 0 aliphatic heterocycles. The van der Waals surface area contributed by atoms with E-state index in [0.717, 1.165) is 29.2 Å². The fourth-order valence-electron chi connectivity index (χ4n) is 3.40. The van der Waals surface area contributed by atoms with Gasteiger partial charge >= 0.3 is 0 Å². The molecule has 0 unspecified atom stereocenters. The van der Waals surface area contributed by atoms with Crippen LogP contribution in [-0.4, -0.2) is 13.2 Å². The monoisotopic (exact) mass is 393 g/mol. The Bertz CT molecular complexity index is 710. The highest BCUT2D eigenvalue weighted by Crippen LogP contribution is 2.34. The van der Waals surface area contributed by atoms with Gasteiger partial charge in [-0.05, 0) is 31.0 Å². The van der Waals surface area contributed by atoms with Crippen molar-refractivity contribution in [3.63, 3.8) is 0 Å². The number of ether oxygens (including phenoxy) is 2. The number of para-hydroxylation sites is 1. The molecule has 2 aromatic carbocycles. The Morgan fingerprint density at radius 1 is 1.00 bits per heavy atom. The van der Waals surface area contributed by atoms with E-state index >= 15 is 0 Å². The van der Waals surface area contributed by atoms with Gasteiger partial charge in [0.2, 0.25) is 0 Å². The quantitative estimate of drug-likeness (QED) is 0.625. The van der Waals surface area contributed by atoms with Crippen molar-refractivity contribution in [1.29, 1.82) is 0 Å². The molecule has 1 aliphatic carbocycles. The lowest BCUT2D eigenvalue weighted by atomic mass is 9.95. The zero-order valence-electron chi connectivity index (χ0n) is 15.1. The summed E-state index contributed by atoms with van der Waals surface area (Å²) >= 11 is 12.5. The molecule has 1 N–H and O–H groups in total. The zero-order chi connectivity index (χ0) is 18.4. The van der Waals surface area contributed by atoms with Crippen LogP contribution >= 0.6 is 23.2 Å². The normalized spacial score (nSPS) is 15.0. The summed E-state index contributed by atoms with van der Waals surface area (Å²) in [6.45, 7) is 1.06. The second-order valence-corrected chi connectivity index (χ2v) is 7.47. The number of benzene rings is 2. The maximum Gasteiger partial charge on any atom is 0.166 e. The molecule has 0 amide bonds. The van der Waals surface area contributed by atoms with Gasteiger partial charge in [-0.2, -0.15) is 0 Å². The van der Waals surface area contributed by atoms with E-state index in [-0.39, 0.29) is 0 Å². The Labute approximate surface area is 165 Å². The third kappa shape index (κ3) is 4.85. The van der Waals surface area contributed by atoms with Crippen LogP contribution in [0, 0.1) is 0 Å². The van der Waals surface area contributed by atoms with Crippen molar-refractivity contribution in [1.82, 2.24) is 5.32 Å². The van der Waals surface area contributed by atoms with Crippen molar-refractivity contribution < 1.29 is 9.47 Å². The summed E-state index contributed by atoms with van der Waals surface area (Å²) in [6.07, 6.45) is 6.46. The van der Waals surface area contributed by atoms with E-state index in [1.54, 1.807) is 7.11 Å². The molecule has 0 saturated heterocycles. The third-order valence-corrected chi connectivity index (χ3v) is 5.60. The summed E-state index contributed by atoms with van der Waals surface area (Å²) in [5, 5.41) is 4.87. The molecule has 0 spiro atoms. The van der Waals surface area contributed by atoms with E-state index in [2.05, 4.69) is 11.4 Å². The summed E-state index contributed by atoms with van der Waals surface area (Å²) in [5.41, 5.74) is 1.87. The fraction of sp³-hybridized carbons (Fsp3) is 0.429. The van der Waals surface area contributed by atoms with Crippen LogP contribution in [0.25, 0.3) is 0 Å². The summed E-state index contributed by atoms with van der Waals surface area (Å²) in [7, 11) is 1.66. The van der Waals surface area contributed by atoms with Gasteiger partial charge in [0.25, 0.3) is 0 Å². The van der Waals surface area contributed by atoms with Gasteiger partial charge in [0.1, 0.15) is 6.61 Å². The topological polar surface area (TPSA) is 30.5 Å². The first kappa shape index (κ1) is 19.3. The predicted octanol–water partition coefficient (Wildman–Crippen LogP) is 6.00. The summed E-state index contributed by atoms with van der Waals surface area (Å²) in [6, 6.07) is 12.0. The number of nitrogens with one attached hydrogen (secondary N) is 1. The minimum absolute atomic E-state index is 0.301. The van der Waals surface area contributed by atoms with E-state index in [0.29, 0.717) is 22.7 Å². The highest BCUT2D eigenvalue weighted by Gasteiger charge is 2.16. The van der Waals surface area contributed by atoms with Crippen LogP contribution < -0.4 is 14.8 Å². The molecule has 140 valence electrons. The van der Waals surface area contributed by atoms with Crippen LogP contribution in [0.15, 0.2) is 36.4 Å². The van der Waals surface area contributed by atoms with Crippen molar-refractivity contribution in [2.75, 3.05) is 7.11 Å². The standard InChI is InChI=1S/C21H25Cl2NO2/c1-25-20-12-5-7-15(13-24-16-8-3-2-4-9-16)21(20)26-14-17-18(22)10-6-11-19(17)23/h5-7,10-12,16,24H,2-4,8-9,13-14H2,1H3. The average molecular weight is 394 g/mol. The first-order chi connectivity index (χ1) is 12.7. The Balaban J connectivity index is 1.74. The molecule has 5 heteroatoms. The van der Waals surface area contributed by atoms with Crippen LogP contribution in [0.4, 0.5) is 0 Å². The highest BCUT2D eigenvalue weighted by atomic mass is 35.5. The molecule has 26 heavy (non-hydrogen) atoms. The molecule has 0 heterocycles. The number of methoxy groups -OCH3 is 1. The number of hydrogen-bond donors (Lipinski definition) is 1. The fourth-order valence-corrected chi connectivity index (χ4v) is 3.91. The second-order valence-electron chi connectivity index (χ2n) is 6.65. The molecule has 3 nitrogen and oxygen atoms in total. The van der Waals surface area contributed by atoms with Crippen LogP contribution in [0.1, 0.15) is 43.2 Å². The minimum Gasteiger partial charge on any atom is -0.493 e. The van der Waals surface area contributed by atoms with Crippen molar-refractivity contribution in [3.8, 4) is 11.5 Å². The van der Waals surface area contributed by atoms with Crippen molar-refractivity contribution in [3.05, 3.63) is 57.6 Å². The molecular formula is C21H25Cl2NO2. The summed E-state index contributed by atoms with van der Waals surface area (Å²) in [5.74, 6) is 1.46. The second kappa shape index (κ2) is 9.50. The van der Waals surface area contributed by atoms with E-state index < -0.39 is 0 Å². The lowest BCUT2D eigenvalue weighted by Crippen LogP contribution is -2.30. The van der Waals surface area contributed by atoms with Gasteiger partial charge in [0.15, 0.2) is 11.5 Å². The Morgan fingerprint density at radius 3 is 2.38 bits per heavy atom. The molecule has 0 bridgehead atoms. The first-order valence-electron chi connectivity index (χ1n) is 9.14. The van der Waals surface area contributed by atoms with Gasteiger partial charge in [0, 0.05) is 33.8 Å². The summed E-state index contributed by atoms with van der Waals surface area (Å²) in [4.78, 5) is 0. The molecule has 0 aromatic heterocycles. The largest absolute Gasteiger partial charge is 0.493 e. The lowest BCUT2D eigenvalue weighted by Gasteiger charge is -2.24. The maximum atomic E-state index is 6.26. The first-order valence-corrected chi connectivity index (χ1v) is 9.89. The molecule has 1 fully saturated rings. The van der Waals surface area contributed by atoms with Gasteiger partial charge in [0.05, 0.1) is 7.11 Å². The molecule has 3 rings (SSSR count). The van der Waals surface area contributed by atoms with Crippen LogP contribution in [0.3, 0.4) is 0 Å². The minimum atomic E-state index is 0.301. The molecule has 1 aliphatic rings. The SMILES string of the molecule is COc1cccc(CNC2CCCCC2)c1OCc1c(Cl)cccc1Cl. The average Bonchev–Trinajstić information content (AvgIpc) is 2.67. The molecule has 1 saturated carbocycles. The van der Waals surface area contributed by atoms with E-state index in [9.17, 15) is 0 Å². The Morgan fingerprint density at radius 2 is 1.69 bits per heavy atom. The summed E-state index contributed by atoms with van der Waals surface area (Å²) < 4.78 is 11.6. The maximum absolute atomic E-state index is 6.26. The van der Waals surface area contributed by atoms with E-state index in [4.69, 9.17) is 32.7 Å². The molecule has 0 atom stereocenters. The molecule has 0 radical (unpaired) electrons. The van der Waals surface area contributed by atoms with Gasteiger partial charge in [-0.1, -0.05) is 60.7 Å². The van der Waals surface area contributed by atoms with E-state index in [1.807, 2.05) is 30.3 Å². The zero-order valence-corrected chi connectivity index (χ0v) is 16.6. The molecule has 2 aromatic rings. The van der Waals surface area contributed by atoms with E-state index in [1.165, 1.54) is 32.1 Å². The van der Waals surface area contributed by atoms with Crippen LogP contribution in [0.2, 0.25) is 10.0 Å². The van der Waals surface area contributed by atoms with Crippen LogP contribution in [-0.2, 0) is 13.2 Å².